The van der Waals surface area contributed by atoms with Gasteiger partial charge in [0.25, 0.3) is 15.9 Å². The summed E-state index contributed by atoms with van der Waals surface area (Å²) in [4.78, 5) is 28.1. The fourth-order valence-corrected chi connectivity index (χ4v) is 3.61. The van der Waals surface area contributed by atoms with Crippen LogP contribution in [0.3, 0.4) is 0 Å². The van der Waals surface area contributed by atoms with Gasteiger partial charge < -0.3 is 10.1 Å². The monoisotopic (exact) mass is 495 g/mol. The number of sulfonamides is 1. The number of carbonyl (C=O) groups excluding carboxylic acids is 2. The smallest absolute Gasteiger partial charge is 0.339 e. The van der Waals surface area contributed by atoms with Crippen molar-refractivity contribution >= 4 is 56.6 Å². The summed E-state index contributed by atoms with van der Waals surface area (Å²) >= 11 is 11.4. The molecule has 3 rings (SSSR count). The van der Waals surface area contributed by atoms with E-state index in [-0.39, 0.29) is 26.6 Å². The molecule has 1 amide bonds. The molecule has 3 aromatic rings. The van der Waals surface area contributed by atoms with E-state index in [0.29, 0.717) is 5.69 Å². The molecule has 0 aliphatic rings. The molecule has 0 bridgehead atoms. The Morgan fingerprint density at radius 2 is 1.72 bits per heavy atom. The number of nitrogens with zero attached hydrogens (tertiary/aromatic N) is 3. The fraction of sp³-hybridized carbons (Fsp3) is 0.105. The van der Waals surface area contributed by atoms with Gasteiger partial charge in [0.2, 0.25) is 0 Å². The van der Waals surface area contributed by atoms with Crippen LogP contribution < -0.4 is 10.0 Å². The largest absolute Gasteiger partial charge is 0.449 e. The highest BCUT2D eigenvalue weighted by atomic mass is 35.5. The Labute approximate surface area is 193 Å². The van der Waals surface area contributed by atoms with Crippen molar-refractivity contribution in [1.82, 2.24) is 15.2 Å². The van der Waals surface area contributed by atoms with Gasteiger partial charge in [-0.3, -0.25) is 9.52 Å². The molecule has 0 aliphatic heterocycles. The Kier molecular flexibility index (Phi) is 7.23. The van der Waals surface area contributed by atoms with Crippen molar-refractivity contribution in [3.8, 4) is 0 Å². The molecule has 10 nitrogen and oxygen atoms in total. The van der Waals surface area contributed by atoms with Crippen LogP contribution in [0.25, 0.3) is 0 Å². The number of esters is 1. The highest BCUT2D eigenvalue weighted by Crippen LogP contribution is 2.18. The van der Waals surface area contributed by atoms with E-state index in [1.807, 2.05) is 0 Å². The minimum Gasteiger partial charge on any atom is -0.449 e. The van der Waals surface area contributed by atoms with E-state index in [4.69, 9.17) is 27.9 Å². The number of aromatic nitrogens is 3. The van der Waals surface area contributed by atoms with Gasteiger partial charge in [0.15, 0.2) is 17.1 Å². The summed E-state index contributed by atoms with van der Waals surface area (Å²) in [6.07, 6.45) is 0.219. The molecule has 0 spiro atoms. The van der Waals surface area contributed by atoms with Crippen molar-refractivity contribution in [2.45, 2.75) is 17.9 Å². The van der Waals surface area contributed by atoms with Crippen LogP contribution in [0.4, 0.5) is 11.5 Å². The number of amides is 1. The van der Waals surface area contributed by atoms with Crippen molar-refractivity contribution in [3.05, 3.63) is 70.6 Å². The molecule has 1 atom stereocenters. The Hall–Kier alpha value is -3.28. The number of halogens is 2. The third kappa shape index (κ3) is 6.13. The Morgan fingerprint density at radius 3 is 2.34 bits per heavy atom. The normalized spacial score (nSPS) is 12.0. The first-order valence-corrected chi connectivity index (χ1v) is 11.1. The van der Waals surface area contributed by atoms with Gasteiger partial charge in [-0.25, -0.2) is 18.2 Å². The van der Waals surface area contributed by atoms with Gasteiger partial charge in [0.1, 0.15) is 5.15 Å². The highest BCUT2D eigenvalue weighted by Gasteiger charge is 2.20. The van der Waals surface area contributed by atoms with E-state index in [0.717, 1.165) is 0 Å². The number of carbonyl (C=O) groups is 2. The van der Waals surface area contributed by atoms with Crippen molar-refractivity contribution in [2.75, 3.05) is 10.0 Å². The zero-order chi connectivity index (χ0) is 23.3. The zero-order valence-corrected chi connectivity index (χ0v) is 18.6. The summed E-state index contributed by atoms with van der Waals surface area (Å²) in [6.45, 7) is 1.39. The lowest BCUT2D eigenvalue weighted by Gasteiger charge is -2.14. The average molecular weight is 496 g/mol. The Morgan fingerprint density at radius 1 is 1.00 bits per heavy atom. The Balaban J connectivity index is 1.61. The van der Waals surface area contributed by atoms with Gasteiger partial charge in [-0.05, 0) is 55.5 Å². The van der Waals surface area contributed by atoms with E-state index in [2.05, 4.69) is 25.2 Å². The van der Waals surface area contributed by atoms with Crippen LogP contribution in [-0.4, -0.2) is 41.6 Å². The molecule has 0 saturated carbocycles. The summed E-state index contributed by atoms with van der Waals surface area (Å²) in [5.74, 6) is -1.35. The molecule has 1 unspecified atom stereocenters. The van der Waals surface area contributed by atoms with Crippen LogP contribution >= 0.6 is 23.2 Å². The molecule has 0 fully saturated rings. The van der Waals surface area contributed by atoms with Crippen LogP contribution in [0, 0.1) is 0 Å². The summed E-state index contributed by atoms with van der Waals surface area (Å²) < 4.78 is 32.3. The molecule has 32 heavy (non-hydrogen) atoms. The summed E-state index contributed by atoms with van der Waals surface area (Å²) in [5, 5.41) is 9.97. The number of benzene rings is 1. The van der Waals surface area contributed by atoms with Gasteiger partial charge in [0, 0.05) is 11.9 Å². The molecule has 166 valence electrons. The molecule has 0 aliphatic carbocycles. The molecular formula is C19H15Cl2N5O5S. The van der Waals surface area contributed by atoms with Gasteiger partial charge in [-0.2, -0.15) is 0 Å². The topological polar surface area (TPSA) is 140 Å². The molecule has 2 heterocycles. The number of pyridine rings is 1. The first-order chi connectivity index (χ1) is 15.1. The lowest BCUT2D eigenvalue weighted by Crippen LogP contribution is -2.30. The number of hydrogen-bond donors (Lipinski definition) is 2. The quantitative estimate of drug-likeness (QED) is 0.376. The van der Waals surface area contributed by atoms with E-state index >= 15 is 0 Å². The molecule has 0 radical (unpaired) electrons. The first-order valence-electron chi connectivity index (χ1n) is 8.89. The van der Waals surface area contributed by atoms with E-state index in [9.17, 15) is 18.0 Å². The summed E-state index contributed by atoms with van der Waals surface area (Å²) in [5.41, 5.74) is 0.451. The Bertz CT molecular complexity index is 1240. The predicted molar refractivity (Wildman–Crippen MR) is 117 cm³/mol. The fourth-order valence-electron chi connectivity index (χ4n) is 2.34. The molecule has 2 aromatic heterocycles. The number of anilines is 2. The van der Waals surface area contributed by atoms with Crippen molar-refractivity contribution < 1.29 is 22.7 Å². The van der Waals surface area contributed by atoms with Crippen molar-refractivity contribution in [3.63, 3.8) is 0 Å². The minimum absolute atomic E-state index is 0.00194. The van der Waals surface area contributed by atoms with Gasteiger partial charge in [-0.15, -0.1) is 10.2 Å². The molecular weight excluding hydrogens is 481 g/mol. The lowest BCUT2D eigenvalue weighted by molar-refractivity contribution is -0.123. The second-order valence-electron chi connectivity index (χ2n) is 6.28. The lowest BCUT2D eigenvalue weighted by atomic mass is 10.2. The number of rotatable bonds is 7. The molecule has 0 saturated heterocycles. The summed E-state index contributed by atoms with van der Waals surface area (Å²) in [7, 11) is -3.93. The third-order valence-electron chi connectivity index (χ3n) is 3.92. The summed E-state index contributed by atoms with van der Waals surface area (Å²) in [6, 6.07) is 10.8. The van der Waals surface area contributed by atoms with E-state index in [1.165, 1.54) is 61.7 Å². The SMILES string of the molecule is CC(OC(=O)c1ccnc(Cl)c1)C(=O)Nc1ccc(S(=O)(=O)Nc2ccc(Cl)nn2)cc1. The van der Waals surface area contributed by atoms with Crippen LogP contribution in [0.1, 0.15) is 17.3 Å². The number of hydrogen-bond acceptors (Lipinski definition) is 8. The van der Waals surface area contributed by atoms with Crippen molar-refractivity contribution in [1.29, 1.82) is 0 Å². The van der Waals surface area contributed by atoms with Gasteiger partial charge in [0.05, 0.1) is 10.5 Å². The van der Waals surface area contributed by atoms with Crippen LogP contribution in [0.5, 0.6) is 0 Å². The maximum atomic E-state index is 12.4. The third-order valence-corrected chi connectivity index (χ3v) is 5.70. The average Bonchev–Trinajstić information content (AvgIpc) is 2.75. The second kappa shape index (κ2) is 9.90. The molecule has 13 heteroatoms. The maximum Gasteiger partial charge on any atom is 0.339 e. The molecule has 1 aromatic carbocycles. The maximum absolute atomic E-state index is 12.4. The van der Waals surface area contributed by atoms with Gasteiger partial charge in [-0.1, -0.05) is 23.2 Å². The zero-order valence-electron chi connectivity index (χ0n) is 16.3. The second-order valence-corrected chi connectivity index (χ2v) is 8.73. The minimum atomic E-state index is -3.93. The number of ether oxygens (including phenoxy) is 1. The first kappa shape index (κ1) is 23.4. The van der Waals surface area contributed by atoms with E-state index in [1.54, 1.807) is 0 Å². The van der Waals surface area contributed by atoms with Crippen LogP contribution in [0.15, 0.2) is 59.6 Å². The highest BCUT2D eigenvalue weighted by molar-refractivity contribution is 7.92. The van der Waals surface area contributed by atoms with Crippen LogP contribution in [0.2, 0.25) is 10.3 Å². The number of nitrogens with one attached hydrogen (secondary N) is 2. The van der Waals surface area contributed by atoms with Crippen LogP contribution in [-0.2, 0) is 19.6 Å². The molecule has 2 N–H and O–H groups in total. The van der Waals surface area contributed by atoms with Crippen molar-refractivity contribution in [2.24, 2.45) is 0 Å². The predicted octanol–water partition coefficient (Wildman–Crippen LogP) is 3.16. The van der Waals surface area contributed by atoms with Gasteiger partial charge >= 0.3 is 5.97 Å². The van der Waals surface area contributed by atoms with E-state index < -0.39 is 28.0 Å². The standard InChI is InChI=1S/C19H15Cl2N5O5S/c1-11(31-19(28)12-8-9-22-16(21)10-12)18(27)23-13-2-4-14(5-3-13)32(29,30)26-17-7-6-15(20)24-25-17/h2-11H,1H3,(H,23,27)(H,25,26).